The van der Waals surface area contributed by atoms with Gasteiger partial charge < -0.3 is 4.74 Å². The zero-order valence-electron chi connectivity index (χ0n) is 11.0. The largest absolute Gasteiger partial charge is 0.371 e. The number of hydrogen-bond donors (Lipinski definition) is 0. The molecule has 0 amide bonds. The molecule has 1 aromatic heterocycles. The Bertz CT molecular complexity index is 360. The molecule has 17 heavy (non-hydrogen) atoms. The van der Waals surface area contributed by atoms with E-state index in [1.54, 1.807) is 11.6 Å². The minimum Gasteiger partial charge on any atom is -0.371 e. The van der Waals surface area contributed by atoms with Gasteiger partial charge in [-0.2, -0.15) is 5.10 Å². The fourth-order valence-electron chi connectivity index (χ4n) is 1.57. The minimum absolute atomic E-state index is 0.0462. The monoisotopic (exact) mass is 239 g/mol. The van der Waals surface area contributed by atoms with E-state index in [0.717, 1.165) is 12.4 Å². The van der Waals surface area contributed by atoms with Gasteiger partial charge in [-0.05, 0) is 19.8 Å². The number of ketones is 1. The maximum Gasteiger partial charge on any atom is 0.168 e. The van der Waals surface area contributed by atoms with Crippen LogP contribution < -0.4 is 0 Å². The van der Waals surface area contributed by atoms with Crippen molar-refractivity contribution in [2.75, 3.05) is 6.61 Å². The summed E-state index contributed by atoms with van der Waals surface area (Å²) in [5.41, 5.74) is 0. The molecule has 5 heteroatoms. The first-order valence-corrected chi connectivity index (χ1v) is 6.05. The molecule has 0 saturated carbocycles. The Labute approximate surface area is 102 Å². The second kappa shape index (κ2) is 6.49. The summed E-state index contributed by atoms with van der Waals surface area (Å²) in [6, 6.07) is 0. The molecule has 0 aliphatic heterocycles. The van der Waals surface area contributed by atoms with E-state index in [1.807, 2.05) is 6.92 Å². The zero-order valence-corrected chi connectivity index (χ0v) is 11.0. The van der Waals surface area contributed by atoms with E-state index in [1.165, 1.54) is 6.33 Å². The van der Waals surface area contributed by atoms with Gasteiger partial charge in [-0.1, -0.05) is 13.8 Å². The number of aromatic nitrogens is 3. The lowest BCUT2D eigenvalue weighted by Gasteiger charge is -2.11. The second-order valence-electron chi connectivity index (χ2n) is 4.49. The molecule has 0 radical (unpaired) electrons. The number of hydrogen-bond acceptors (Lipinski definition) is 4. The summed E-state index contributed by atoms with van der Waals surface area (Å²) < 4.78 is 7.06. The van der Waals surface area contributed by atoms with Gasteiger partial charge in [-0.25, -0.2) is 9.67 Å². The highest BCUT2D eigenvalue weighted by atomic mass is 16.5. The summed E-state index contributed by atoms with van der Waals surface area (Å²) in [7, 11) is 0. The van der Waals surface area contributed by atoms with Gasteiger partial charge in [0.05, 0.1) is 6.42 Å². The van der Waals surface area contributed by atoms with Crippen LogP contribution in [0.3, 0.4) is 0 Å². The maximum atomic E-state index is 11.8. The zero-order chi connectivity index (χ0) is 12.8. The van der Waals surface area contributed by atoms with E-state index in [2.05, 4.69) is 23.9 Å². The predicted molar refractivity (Wildman–Crippen MR) is 64.7 cm³/mol. The summed E-state index contributed by atoms with van der Waals surface area (Å²) in [6.45, 7) is 9.20. The van der Waals surface area contributed by atoms with E-state index in [0.29, 0.717) is 12.5 Å². The molecule has 0 N–H and O–H groups in total. The van der Waals surface area contributed by atoms with Crippen molar-refractivity contribution < 1.29 is 9.53 Å². The maximum absolute atomic E-state index is 11.8. The van der Waals surface area contributed by atoms with Crippen LogP contribution in [0.1, 0.15) is 33.5 Å². The molecule has 1 atom stereocenters. The van der Waals surface area contributed by atoms with Crippen molar-refractivity contribution in [1.82, 2.24) is 14.8 Å². The average Bonchev–Trinajstić information content (AvgIpc) is 2.65. The first kappa shape index (κ1) is 13.8. The predicted octanol–water partition coefficient (Wildman–Crippen LogP) is 1.47. The molecule has 0 spiro atoms. The number of Topliss-reactive ketones (excluding diaryl/α,β-unsaturated/α-hetero) is 1. The molecule has 0 saturated heterocycles. The van der Waals surface area contributed by atoms with Crippen LogP contribution in [0.5, 0.6) is 0 Å². The number of carbonyl (C=O) groups excluding carboxylic acids is 1. The Morgan fingerprint density at radius 1 is 1.47 bits per heavy atom. The Morgan fingerprint density at radius 2 is 2.18 bits per heavy atom. The lowest BCUT2D eigenvalue weighted by molar-refractivity contribution is -0.128. The molecule has 1 heterocycles. The number of ether oxygens (including phenoxy) is 1. The molecule has 1 aromatic rings. The molecule has 1 unspecified atom stereocenters. The van der Waals surface area contributed by atoms with Gasteiger partial charge in [0.1, 0.15) is 18.3 Å². The van der Waals surface area contributed by atoms with Crippen LogP contribution >= 0.6 is 0 Å². The molecule has 0 bridgehead atoms. The highest BCUT2D eigenvalue weighted by Crippen LogP contribution is 2.04. The molecule has 96 valence electrons. The van der Waals surface area contributed by atoms with Crippen LogP contribution in [0.4, 0.5) is 0 Å². The van der Waals surface area contributed by atoms with Crippen LogP contribution in [0.2, 0.25) is 0 Å². The van der Waals surface area contributed by atoms with Crippen molar-refractivity contribution in [1.29, 1.82) is 0 Å². The van der Waals surface area contributed by atoms with Gasteiger partial charge in [0.15, 0.2) is 5.78 Å². The van der Waals surface area contributed by atoms with Crippen LogP contribution in [0.25, 0.3) is 0 Å². The van der Waals surface area contributed by atoms with Crippen molar-refractivity contribution in [3.63, 3.8) is 0 Å². The van der Waals surface area contributed by atoms with Crippen molar-refractivity contribution in [3.8, 4) is 0 Å². The van der Waals surface area contributed by atoms with E-state index < -0.39 is 0 Å². The minimum atomic E-state index is -0.371. The molecule has 0 aliphatic rings. The quantitative estimate of drug-likeness (QED) is 0.723. The summed E-state index contributed by atoms with van der Waals surface area (Å²) in [5, 5.41) is 4.13. The number of nitrogens with zero attached hydrogens (tertiary/aromatic N) is 3. The number of carbonyl (C=O) groups is 1. The fourth-order valence-corrected chi connectivity index (χ4v) is 1.57. The van der Waals surface area contributed by atoms with Crippen LogP contribution in [0.15, 0.2) is 6.33 Å². The summed E-state index contributed by atoms with van der Waals surface area (Å²) in [6.07, 6.45) is 1.41. The molecule has 5 nitrogen and oxygen atoms in total. The third-order valence-corrected chi connectivity index (χ3v) is 2.44. The highest BCUT2D eigenvalue weighted by molar-refractivity contribution is 5.84. The van der Waals surface area contributed by atoms with E-state index in [4.69, 9.17) is 4.74 Å². The van der Waals surface area contributed by atoms with Crippen LogP contribution in [0, 0.1) is 5.92 Å². The average molecular weight is 239 g/mol. The molecular weight excluding hydrogens is 218 g/mol. The smallest absolute Gasteiger partial charge is 0.168 e. The van der Waals surface area contributed by atoms with Crippen LogP contribution in [-0.4, -0.2) is 33.3 Å². The third-order valence-electron chi connectivity index (χ3n) is 2.44. The highest BCUT2D eigenvalue weighted by Gasteiger charge is 2.17. The van der Waals surface area contributed by atoms with Crippen molar-refractivity contribution >= 4 is 5.78 Å². The normalized spacial score (nSPS) is 13.0. The second-order valence-corrected chi connectivity index (χ2v) is 4.49. The standard InChI is InChI=1S/C12H21N3O2/c1-5-17-10(4)11(16)6-12-13-8-14-15(12)7-9(2)3/h8-10H,5-7H2,1-4H3. The van der Waals surface area contributed by atoms with Gasteiger partial charge in [-0.15, -0.1) is 0 Å². The first-order valence-electron chi connectivity index (χ1n) is 6.05. The van der Waals surface area contributed by atoms with Crippen molar-refractivity contribution in [2.24, 2.45) is 5.92 Å². The summed E-state index contributed by atoms with van der Waals surface area (Å²) in [4.78, 5) is 16.0. The topological polar surface area (TPSA) is 57.0 Å². The van der Waals surface area contributed by atoms with Gasteiger partial charge in [-0.3, -0.25) is 4.79 Å². The van der Waals surface area contributed by atoms with Crippen molar-refractivity contribution in [2.45, 2.75) is 46.8 Å². The number of rotatable bonds is 7. The van der Waals surface area contributed by atoms with E-state index in [-0.39, 0.29) is 18.3 Å². The Balaban J connectivity index is 2.62. The van der Waals surface area contributed by atoms with Gasteiger partial charge in [0, 0.05) is 13.2 Å². The lowest BCUT2D eigenvalue weighted by Crippen LogP contribution is -2.24. The summed E-state index contributed by atoms with van der Waals surface area (Å²) in [5.74, 6) is 1.25. The SMILES string of the molecule is CCOC(C)C(=O)Cc1ncnn1CC(C)C. The van der Waals surface area contributed by atoms with E-state index in [9.17, 15) is 4.79 Å². The Kier molecular flexibility index (Phi) is 5.28. The van der Waals surface area contributed by atoms with Crippen molar-refractivity contribution in [3.05, 3.63) is 12.2 Å². The van der Waals surface area contributed by atoms with Gasteiger partial charge in [0.25, 0.3) is 0 Å². The molecule has 0 fully saturated rings. The molecule has 1 rings (SSSR count). The van der Waals surface area contributed by atoms with Crippen LogP contribution in [-0.2, 0) is 22.5 Å². The summed E-state index contributed by atoms with van der Waals surface area (Å²) >= 11 is 0. The Morgan fingerprint density at radius 3 is 2.76 bits per heavy atom. The lowest BCUT2D eigenvalue weighted by atomic mass is 10.1. The van der Waals surface area contributed by atoms with Gasteiger partial charge in [0.2, 0.25) is 0 Å². The fraction of sp³-hybridized carbons (Fsp3) is 0.750. The molecular formula is C12H21N3O2. The molecule has 0 aromatic carbocycles. The first-order chi connectivity index (χ1) is 8.04. The molecule has 0 aliphatic carbocycles. The van der Waals surface area contributed by atoms with Gasteiger partial charge >= 0.3 is 0 Å². The Hall–Kier alpha value is -1.23. The third kappa shape index (κ3) is 4.26. The van der Waals surface area contributed by atoms with E-state index >= 15 is 0 Å².